The molecule has 4 rings (SSSR count). The van der Waals surface area contributed by atoms with Crippen LogP contribution >= 0.6 is 0 Å². The van der Waals surface area contributed by atoms with Gasteiger partial charge in [0.1, 0.15) is 12.4 Å². The van der Waals surface area contributed by atoms with Crippen molar-refractivity contribution in [1.82, 2.24) is 0 Å². The van der Waals surface area contributed by atoms with E-state index in [1.165, 1.54) is 0 Å². The zero-order valence-electron chi connectivity index (χ0n) is 10.3. The second-order valence-corrected chi connectivity index (χ2v) is 5.50. The van der Waals surface area contributed by atoms with E-state index in [1.807, 2.05) is 18.2 Å². The molecule has 1 aromatic carbocycles. The average molecular weight is 258 g/mol. The summed E-state index contributed by atoms with van der Waals surface area (Å²) in [5.41, 5.74) is 1.42. The largest absolute Gasteiger partial charge is 0.457 e. The van der Waals surface area contributed by atoms with Crippen LogP contribution in [-0.4, -0.2) is 24.5 Å². The van der Waals surface area contributed by atoms with Crippen LogP contribution in [0.15, 0.2) is 24.3 Å². The van der Waals surface area contributed by atoms with Gasteiger partial charge in [0.05, 0.1) is 18.1 Å². The molecule has 0 aliphatic carbocycles. The van der Waals surface area contributed by atoms with Gasteiger partial charge in [0.25, 0.3) is 0 Å². The highest BCUT2D eigenvalue weighted by Crippen LogP contribution is 2.54. The van der Waals surface area contributed by atoms with Crippen molar-refractivity contribution in [3.05, 3.63) is 35.4 Å². The maximum atomic E-state index is 12.0. The van der Waals surface area contributed by atoms with Gasteiger partial charge in [0.2, 0.25) is 0 Å². The van der Waals surface area contributed by atoms with Crippen molar-refractivity contribution in [2.24, 2.45) is 11.8 Å². The molecule has 3 saturated heterocycles. The van der Waals surface area contributed by atoms with E-state index >= 15 is 0 Å². The number of aldehydes is 1. The molecule has 0 radical (unpaired) electrons. The minimum absolute atomic E-state index is 0.0240. The number of carbonyl (C=O) groups is 2. The summed E-state index contributed by atoms with van der Waals surface area (Å²) in [7, 11) is 0. The highest BCUT2D eigenvalue weighted by Gasteiger charge is 2.61. The molecule has 2 bridgehead atoms. The molecule has 0 saturated carbocycles. The van der Waals surface area contributed by atoms with Crippen LogP contribution in [0, 0.1) is 11.8 Å². The molecule has 2 unspecified atom stereocenters. The van der Waals surface area contributed by atoms with Gasteiger partial charge in [0.15, 0.2) is 0 Å². The van der Waals surface area contributed by atoms with Crippen molar-refractivity contribution in [3.63, 3.8) is 0 Å². The number of cyclic esters (lactones) is 1. The third kappa shape index (κ3) is 1.43. The van der Waals surface area contributed by atoms with Crippen molar-refractivity contribution in [1.29, 1.82) is 0 Å². The van der Waals surface area contributed by atoms with Crippen molar-refractivity contribution >= 4 is 12.3 Å². The van der Waals surface area contributed by atoms with Crippen LogP contribution in [0.1, 0.15) is 34.9 Å². The fourth-order valence-corrected chi connectivity index (χ4v) is 3.84. The number of rotatable bonds is 2. The van der Waals surface area contributed by atoms with E-state index < -0.39 is 0 Å². The van der Waals surface area contributed by atoms with E-state index in [0.717, 1.165) is 24.7 Å². The van der Waals surface area contributed by atoms with Crippen molar-refractivity contribution in [3.8, 4) is 0 Å². The van der Waals surface area contributed by atoms with Crippen molar-refractivity contribution in [2.75, 3.05) is 0 Å². The molecule has 0 aromatic heterocycles. The van der Waals surface area contributed by atoms with Crippen LogP contribution in [-0.2, 0) is 14.3 Å². The zero-order chi connectivity index (χ0) is 13.0. The summed E-state index contributed by atoms with van der Waals surface area (Å²) < 4.78 is 11.4. The first kappa shape index (κ1) is 11.2. The molecular weight excluding hydrogens is 244 g/mol. The summed E-state index contributed by atoms with van der Waals surface area (Å²) in [4.78, 5) is 23.2. The fourth-order valence-electron chi connectivity index (χ4n) is 3.84. The van der Waals surface area contributed by atoms with Gasteiger partial charge >= 0.3 is 5.97 Å². The van der Waals surface area contributed by atoms with Crippen molar-refractivity contribution in [2.45, 2.75) is 31.2 Å². The van der Waals surface area contributed by atoms with Gasteiger partial charge in [-0.3, -0.25) is 9.59 Å². The molecule has 0 spiro atoms. The molecule has 4 heteroatoms. The monoisotopic (exact) mass is 258 g/mol. The lowest BCUT2D eigenvalue weighted by Crippen LogP contribution is -2.28. The molecule has 0 amide bonds. The molecule has 5 atom stereocenters. The molecule has 4 nitrogen and oxygen atoms in total. The summed E-state index contributed by atoms with van der Waals surface area (Å²) in [6, 6.07) is 7.32. The molecule has 3 heterocycles. The van der Waals surface area contributed by atoms with E-state index in [2.05, 4.69) is 0 Å². The standard InChI is InChI=1S/C15H14O4/c16-7-8-3-1-2-4-9(8)14-12-10-5-6-11(18-10)13(12)15(17)19-14/h1-4,7,10-14H,5-6H2/t10-,11+,12-,13?,14?/m1/s1. The predicted molar refractivity (Wildman–Crippen MR) is 65.5 cm³/mol. The number of fused-ring (bicyclic) bond motifs is 5. The molecule has 3 aliphatic heterocycles. The van der Waals surface area contributed by atoms with E-state index in [4.69, 9.17) is 9.47 Å². The van der Waals surface area contributed by atoms with E-state index in [1.54, 1.807) is 6.07 Å². The minimum Gasteiger partial charge on any atom is -0.457 e. The van der Waals surface area contributed by atoms with Gasteiger partial charge < -0.3 is 9.47 Å². The van der Waals surface area contributed by atoms with Gasteiger partial charge in [-0.05, 0) is 12.8 Å². The lowest BCUT2D eigenvalue weighted by Gasteiger charge is -2.23. The Balaban J connectivity index is 1.76. The third-order valence-electron chi connectivity index (χ3n) is 4.62. The normalized spacial score (nSPS) is 39.2. The maximum absolute atomic E-state index is 12.0. The quantitative estimate of drug-likeness (QED) is 0.600. The Morgan fingerprint density at radius 2 is 1.95 bits per heavy atom. The topological polar surface area (TPSA) is 52.6 Å². The minimum atomic E-state index is -0.325. The van der Waals surface area contributed by atoms with Crippen LogP contribution in [0.25, 0.3) is 0 Å². The number of benzene rings is 1. The number of hydrogen-bond donors (Lipinski definition) is 0. The number of carbonyl (C=O) groups excluding carboxylic acids is 2. The summed E-state index contributed by atoms with van der Waals surface area (Å²) in [6.45, 7) is 0. The first-order chi connectivity index (χ1) is 9.29. The summed E-state index contributed by atoms with van der Waals surface area (Å²) in [5.74, 6) is -0.223. The second kappa shape index (κ2) is 3.90. The van der Waals surface area contributed by atoms with E-state index in [-0.39, 0.29) is 36.1 Å². The average Bonchev–Trinajstić information content (AvgIpc) is 3.12. The SMILES string of the molecule is O=Cc1ccccc1C1OC(=O)C2[C@H]1[C@H]1CC[C@@H]2O1. The zero-order valence-corrected chi connectivity index (χ0v) is 10.3. The Bertz CT molecular complexity index is 553. The Morgan fingerprint density at radius 3 is 2.79 bits per heavy atom. The number of hydrogen-bond acceptors (Lipinski definition) is 4. The third-order valence-corrected chi connectivity index (χ3v) is 4.62. The van der Waals surface area contributed by atoms with Crippen LogP contribution in [0.3, 0.4) is 0 Å². The molecule has 1 aromatic rings. The maximum Gasteiger partial charge on any atom is 0.312 e. The second-order valence-electron chi connectivity index (χ2n) is 5.50. The molecule has 3 aliphatic rings. The fraction of sp³-hybridized carbons (Fsp3) is 0.467. The van der Waals surface area contributed by atoms with Gasteiger partial charge in [-0.25, -0.2) is 0 Å². The van der Waals surface area contributed by atoms with Gasteiger partial charge in [0, 0.05) is 17.0 Å². The molecule has 19 heavy (non-hydrogen) atoms. The highest BCUT2D eigenvalue weighted by atomic mass is 16.6. The Labute approximate surface area is 110 Å². The first-order valence-corrected chi connectivity index (χ1v) is 6.69. The molecular formula is C15H14O4. The van der Waals surface area contributed by atoms with Crippen LogP contribution < -0.4 is 0 Å². The lowest BCUT2D eigenvalue weighted by atomic mass is 9.76. The Morgan fingerprint density at radius 1 is 1.16 bits per heavy atom. The Kier molecular flexibility index (Phi) is 2.30. The van der Waals surface area contributed by atoms with E-state index in [0.29, 0.717) is 5.56 Å². The smallest absolute Gasteiger partial charge is 0.312 e. The van der Waals surface area contributed by atoms with E-state index in [9.17, 15) is 9.59 Å². The van der Waals surface area contributed by atoms with Crippen molar-refractivity contribution < 1.29 is 19.1 Å². The first-order valence-electron chi connectivity index (χ1n) is 6.69. The molecule has 3 fully saturated rings. The molecule has 0 N–H and O–H groups in total. The van der Waals surface area contributed by atoms with Gasteiger partial charge in [-0.2, -0.15) is 0 Å². The Hall–Kier alpha value is -1.68. The summed E-state index contributed by atoms with van der Waals surface area (Å²) in [5, 5.41) is 0. The van der Waals surface area contributed by atoms with Gasteiger partial charge in [-0.1, -0.05) is 24.3 Å². The molecule has 98 valence electrons. The van der Waals surface area contributed by atoms with Crippen LogP contribution in [0.5, 0.6) is 0 Å². The lowest BCUT2D eigenvalue weighted by molar-refractivity contribution is -0.147. The highest BCUT2D eigenvalue weighted by molar-refractivity contribution is 5.80. The summed E-state index contributed by atoms with van der Waals surface area (Å²) in [6.07, 6.45) is 2.56. The van der Waals surface area contributed by atoms with Crippen LogP contribution in [0.4, 0.5) is 0 Å². The summed E-state index contributed by atoms with van der Waals surface area (Å²) >= 11 is 0. The van der Waals surface area contributed by atoms with Gasteiger partial charge in [-0.15, -0.1) is 0 Å². The number of ether oxygens (including phenoxy) is 2. The predicted octanol–water partition coefficient (Wildman–Crippen LogP) is 1.89. The van der Waals surface area contributed by atoms with Crippen LogP contribution in [0.2, 0.25) is 0 Å². The number of esters is 1.